The summed E-state index contributed by atoms with van der Waals surface area (Å²) in [5.41, 5.74) is 2.31. The number of nitrogens with zero attached hydrogens (tertiary/aromatic N) is 2. The van der Waals surface area contributed by atoms with Gasteiger partial charge in [-0.2, -0.15) is 0 Å². The monoisotopic (exact) mass is 530 g/mol. The second-order valence-corrected chi connectivity index (χ2v) is 9.52. The number of carbonyl (C=O) groups excluding carboxylic acids is 1. The normalized spacial score (nSPS) is 12.2. The van der Waals surface area contributed by atoms with E-state index in [4.69, 9.17) is 25.8 Å². The SMILES string of the molecule is COC(=O)c1sc(-n2cnc3ccc(OC(CCO)CCO)cc32)cc1O[C@H](C)c1ccccc1Cl. The Kier molecular flexibility index (Phi) is 8.48. The first kappa shape index (κ1) is 26.0. The van der Waals surface area contributed by atoms with Crippen LogP contribution < -0.4 is 9.47 Å². The molecule has 0 aliphatic rings. The highest BCUT2D eigenvalue weighted by Crippen LogP contribution is 2.38. The number of aliphatic hydroxyl groups excluding tert-OH is 2. The highest BCUT2D eigenvalue weighted by atomic mass is 35.5. The van der Waals surface area contributed by atoms with Crippen molar-refractivity contribution in [2.75, 3.05) is 20.3 Å². The number of hydrogen-bond acceptors (Lipinski definition) is 8. The molecule has 36 heavy (non-hydrogen) atoms. The highest BCUT2D eigenvalue weighted by Gasteiger charge is 2.23. The number of aliphatic hydroxyl groups is 2. The molecule has 0 amide bonds. The first-order chi connectivity index (χ1) is 17.4. The molecule has 4 aromatic rings. The van der Waals surface area contributed by atoms with E-state index in [1.54, 1.807) is 24.5 Å². The van der Waals surface area contributed by atoms with Crippen molar-refractivity contribution < 1.29 is 29.2 Å². The average molecular weight is 531 g/mol. The van der Waals surface area contributed by atoms with Crippen molar-refractivity contribution in [1.29, 1.82) is 0 Å². The van der Waals surface area contributed by atoms with Gasteiger partial charge in [0.2, 0.25) is 0 Å². The van der Waals surface area contributed by atoms with E-state index in [-0.39, 0.29) is 19.3 Å². The Morgan fingerprint density at radius 3 is 2.56 bits per heavy atom. The lowest BCUT2D eigenvalue weighted by atomic mass is 10.1. The summed E-state index contributed by atoms with van der Waals surface area (Å²) in [6.45, 7) is 1.79. The van der Waals surface area contributed by atoms with Gasteiger partial charge in [0.05, 0.1) is 18.1 Å². The quantitative estimate of drug-likeness (QED) is 0.257. The number of hydrogen-bond donors (Lipinski definition) is 2. The number of thiophene rings is 1. The number of fused-ring (bicyclic) bond motifs is 1. The third kappa shape index (κ3) is 5.65. The summed E-state index contributed by atoms with van der Waals surface area (Å²) < 4.78 is 19.0. The zero-order valence-corrected chi connectivity index (χ0v) is 21.5. The molecule has 2 aromatic carbocycles. The molecule has 2 aromatic heterocycles. The number of aromatic nitrogens is 2. The fourth-order valence-corrected chi connectivity index (χ4v) is 5.12. The summed E-state index contributed by atoms with van der Waals surface area (Å²) in [6.07, 6.45) is 1.78. The van der Waals surface area contributed by atoms with Gasteiger partial charge in [-0.3, -0.25) is 4.57 Å². The zero-order chi connectivity index (χ0) is 25.7. The third-order valence-electron chi connectivity index (χ3n) is 5.66. The number of carbonyl (C=O) groups is 1. The fraction of sp³-hybridized carbons (Fsp3) is 0.308. The lowest BCUT2D eigenvalue weighted by molar-refractivity contribution is 0.0600. The van der Waals surface area contributed by atoms with Crippen LogP contribution >= 0.6 is 22.9 Å². The Balaban J connectivity index is 1.68. The van der Waals surface area contributed by atoms with Gasteiger partial charge in [0, 0.05) is 48.8 Å². The molecule has 0 aliphatic heterocycles. The van der Waals surface area contributed by atoms with E-state index in [0.29, 0.717) is 39.2 Å². The molecule has 1 atom stereocenters. The minimum Gasteiger partial charge on any atom is -0.490 e. The second kappa shape index (κ2) is 11.7. The Bertz CT molecular complexity index is 1330. The molecule has 0 aliphatic carbocycles. The van der Waals surface area contributed by atoms with Gasteiger partial charge in [-0.1, -0.05) is 29.8 Å². The molecule has 0 unspecified atom stereocenters. The van der Waals surface area contributed by atoms with Crippen LogP contribution in [0.3, 0.4) is 0 Å². The minimum atomic E-state index is -0.503. The molecule has 2 N–H and O–H groups in total. The first-order valence-electron chi connectivity index (χ1n) is 11.4. The van der Waals surface area contributed by atoms with E-state index in [1.165, 1.54) is 18.4 Å². The van der Waals surface area contributed by atoms with Crippen LogP contribution in [-0.2, 0) is 4.74 Å². The fourth-order valence-electron chi connectivity index (χ4n) is 3.84. The number of esters is 1. The maximum atomic E-state index is 12.6. The summed E-state index contributed by atoms with van der Waals surface area (Å²) >= 11 is 7.56. The number of halogens is 1. The highest BCUT2D eigenvalue weighted by molar-refractivity contribution is 7.16. The number of benzene rings is 2. The molecular formula is C26H27ClN2O6S. The molecular weight excluding hydrogens is 504 g/mol. The number of ether oxygens (including phenoxy) is 3. The average Bonchev–Trinajstić information content (AvgIpc) is 3.48. The van der Waals surface area contributed by atoms with E-state index < -0.39 is 12.1 Å². The summed E-state index contributed by atoms with van der Waals surface area (Å²) in [5, 5.41) is 19.9. The van der Waals surface area contributed by atoms with Crippen LogP contribution in [0.25, 0.3) is 16.0 Å². The van der Waals surface area contributed by atoms with Crippen LogP contribution in [0.1, 0.15) is 41.1 Å². The van der Waals surface area contributed by atoms with Crippen molar-refractivity contribution in [2.24, 2.45) is 0 Å². The Morgan fingerprint density at radius 2 is 1.86 bits per heavy atom. The van der Waals surface area contributed by atoms with E-state index in [9.17, 15) is 15.0 Å². The van der Waals surface area contributed by atoms with Gasteiger partial charge >= 0.3 is 5.97 Å². The van der Waals surface area contributed by atoms with Gasteiger partial charge in [0.25, 0.3) is 0 Å². The van der Waals surface area contributed by atoms with Crippen LogP contribution in [0.2, 0.25) is 5.02 Å². The zero-order valence-electron chi connectivity index (χ0n) is 19.9. The van der Waals surface area contributed by atoms with Crippen molar-refractivity contribution in [3.63, 3.8) is 0 Å². The van der Waals surface area contributed by atoms with Crippen molar-refractivity contribution in [2.45, 2.75) is 32.0 Å². The Labute approximate surface area is 217 Å². The molecule has 8 nitrogen and oxygen atoms in total. The first-order valence-corrected chi connectivity index (χ1v) is 12.6. The van der Waals surface area contributed by atoms with Crippen molar-refractivity contribution in [1.82, 2.24) is 9.55 Å². The molecule has 0 bridgehead atoms. The molecule has 0 saturated heterocycles. The van der Waals surface area contributed by atoms with Crippen molar-refractivity contribution in [3.8, 4) is 16.5 Å². The largest absolute Gasteiger partial charge is 0.490 e. The number of rotatable bonds is 11. The van der Waals surface area contributed by atoms with Gasteiger partial charge in [-0.05, 0) is 25.1 Å². The van der Waals surface area contributed by atoms with Crippen molar-refractivity contribution in [3.05, 3.63) is 70.3 Å². The molecule has 190 valence electrons. The molecule has 10 heteroatoms. The van der Waals surface area contributed by atoms with Crippen LogP contribution in [0.15, 0.2) is 54.9 Å². The molecule has 2 heterocycles. The smallest absolute Gasteiger partial charge is 0.351 e. The predicted octanol–water partition coefficient (Wildman–Crippen LogP) is 5.18. The summed E-state index contributed by atoms with van der Waals surface area (Å²) in [7, 11) is 1.33. The lowest BCUT2D eigenvalue weighted by Gasteiger charge is -2.17. The topological polar surface area (TPSA) is 103 Å². The van der Waals surface area contributed by atoms with E-state index in [1.807, 2.05) is 41.8 Å². The maximum absolute atomic E-state index is 12.6. The number of imidazole rings is 1. The van der Waals surface area contributed by atoms with E-state index in [2.05, 4.69) is 4.98 Å². The van der Waals surface area contributed by atoms with Crippen LogP contribution in [0.5, 0.6) is 11.5 Å². The van der Waals surface area contributed by atoms with Gasteiger partial charge < -0.3 is 24.4 Å². The molecule has 0 radical (unpaired) electrons. The summed E-state index contributed by atoms with van der Waals surface area (Å²) in [4.78, 5) is 17.4. The standard InChI is InChI=1S/C26H27ClN2O6S/c1-16(19-5-3-4-6-20(19)27)34-23-14-24(36-25(23)26(32)33-2)29-15-28-21-8-7-18(13-22(21)29)35-17(9-11-30)10-12-31/h3-8,13-17,30-31H,9-12H2,1-2H3/t16-/m1/s1. The van der Waals surface area contributed by atoms with E-state index >= 15 is 0 Å². The van der Waals surface area contributed by atoms with Crippen LogP contribution in [0, 0.1) is 0 Å². The van der Waals surface area contributed by atoms with Crippen molar-refractivity contribution >= 4 is 39.9 Å². The van der Waals surface area contributed by atoms with Crippen LogP contribution in [-0.4, -0.2) is 52.2 Å². The Morgan fingerprint density at radius 1 is 1.11 bits per heavy atom. The van der Waals surface area contributed by atoms with Gasteiger partial charge in [-0.15, -0.1) is 11.3 Å². The predicted molar refractivity (Wildman–Crippen MR) is 139 cm³/mol. The maximum Gasteiger partial charge on any atom is 0.351 e. The number of methoxy groups -OCH3 is 1. The summed E-state index contributed by atoms with van der Waals surface area (Å²) in [5.74, 6) is 0.469. The Hall–Kier alpha value is -3.11. The van der Waals surface area contributed by atoms with E-state index in [0.717, 1.165) is 16.6 Å². The molecule has 0 fully saturated rings. The molecule has 0 spiro atoms. The van der Waals surface area contributed by atoms with Crippen LogP contribution in [0.4, 0.5) is 0 Å². The molecule has 4 rings (SSSR count). The second-order valence-electron chi connectivity index (χ2n) is 8.08. The summed E-state index contributed by atoms with van der Waals surface area (Å²) in [6, 6.07) is 14.7. The van der Waals surface area contributed by atoms with Gasteiger partial charge in [0.15, 0.2) is 4.88 Å². The third-order valence-corrected chi connectivity index (χ3v) is 7.10. The van der Waals surface area contributed by atoms with Gasteiger partial charge in [-0.25, -0.2) is 9.78 Å². The minimum absolute atomic E-state index is 0.0360. The molecule has 0 saturated carbocycles. The lowest BCUT2D eigenvalue weighted by Crippen LogP contribution is -2.19. The van der Waals surface area contributed by atoms with Gasteiger partial charge in [0.1, 0.15) is 35.0 Å².